The Labute approximate surface area is 179 Å². The zero-order chi connectivity index (χ0) is 23.3. The molecule has 0 atom stereocenters. The second kappa shape index (κ2) is 9.50. The number of benzene rings is 2. The Balaban J connectivity index is 1.94. The number of alkyl halides is 4. The first kappa shape index (κ1) is 22.8. The zero-order valence-corrected chi connectivity index (χ0v) is 16.6. The van der Waals surface area contributed by atoms with E-state index < -0.39 is 24.7 Å². The summed E-state index contributed by atoms with van der Waals surface area (Å²) < 4.78 is 61.0. The van der Waals surface area contributed by atoms with Crippen LogP contribution in [-0.4, -0.2) is 34.5 Å². The van der Waals surface area contributed by atoms with Crippen molar-refractivity contribution in [2.24, 2.45) is 0 Å². The number of aryl methyl sites for hydroxylation is 1. The lowest BCUT2D eigenvalue weighted by atomic mass is 10.0. The van der Waals surface area contributed by atoms with Crippen LogP contribution >= 0.6 is 0 Å². The molecule has 168 valence electrons. The van der Waals surface area contributed by atoms with E-state index in [1.54, 1.807) is 31.2 Å². The average Bonchev–Trinajstić information content (AvgIpc) is 2.71. The molecule has 0 amide bonds. The summed E-state index contributed by atoms with van der Waals surface area (Å²) in [7, 11) is 0. The van der Waals surface area contributed by atoms with Crippen molar-refractivity contribution in [3.63, 3.8) is 0 Å². The molecule has 0 fully saturated rings. The highest BCUT2D eigenvalue weighted by atomic mass is 19.4. The van der Waals surface area contributed by atoms with Crippen LogP contribution in [0.2, 0.25) is 0 Å². The van der Waals surface area contributed by atoms with E-state index in [2.05, 4.69) is 15.3 Å². The summed E-state index contributed by atoms with van der Waals surface area (Å²) in [5.41, 5.74) is 1.23. The third kappa shape index (κ3) is 5.84. The standard InChI is InChI=1S/C21H17F4N3O4/c1-12-8-14(13-2-3-16(31-7-5-22)17(11-13)32-20(29)30)10-15(9-12)27-19-26-6-4-18(28-19)21(23,24)25/h2-4,6,8-11H,5,7H2,1H3,(H,29,30)(H,26,27,28). The van der Waals surface area contributed by atoms with Gasteiger partial charge in [0.1, 0.15) is 19.0 Å². The van der Waals surface area contributed by atoms with Crippen LogP contribution in [0.25, 0.3) is 11.1 Å². The molecule has 0 spiro atoms. The minimum absolute atomic E-state index is 0.0529. The fraction of sp³-hybridized carbons (Fsp3) is 0.190. The molecule has 2 aromatic carbocycles. The van der Waals surface area contributed by atoms with Crippen LogP contribution in [0.4, 0.5) is 34.0 Å². The molecule has 11 heteroatoms. The van der Waals surface area contributed by atoms with Crippen LogP contribution in [0.5, 0.6) is 11.5 Å². The number of ether oxygens (including phenoxy) is 2. The first-order valence-corrected chi connectivity index (χ1v) is 9.18. The maximum atomic E-state index is 12.9. The summed E-state index contributed by atoms with van der Waals surface area (Å²) in [5.74, 6) is -0.306. The summed E-state index contributed by atoms with van der Waals surface area (Å²) in [6.07, 6.45) is -5.18. The van der Waals surface area contributed by atoms with Crippen molar-refractivity contribution >= 4 is 17.8 Å². The Morgan fingerprint density at radius 3 is 2.56 bits per heavy atom. The van der Waals surface area contributed by atoms with Crippen LogP contribution in [0.3, 0.4) is 0 Å². The topological polar surface area (TPSA) is 93.6 Å². The Morgan fingerprint density at radius 2 is 1.88 bits per heavy atom. The van der Waals surface area contributed by atoms with Gasteiger partial charge in [0, 0.05) is 11.9 Å². The van der Waals surface area contributed by atoms with Gasteiger partial charge >= 0.3 is 12.3 Å². The highest BCUT2D eigenvalue weighted by Crippen LogP contribution is 2.35. The molecular weight excluding hydrogens is 434 g/mol. The van der Waals surface area contributed by atoms with Crippen LogP contribution in [0.1, 0.15) is 11.3 Å². The molecule has 3 rings (SSSR count). The molecule has 7 nitrogen and oxygen atoms in total. The minimum Gasteiger partial charge on any atom is -0.487 e. The summed E-state index contributed by atoms with van der Waals surface area (Å²) in [6, 6.07) is 10.3. The van der Waals surface area contributed by atoms with Gasteiger partial charge < -0.3 is 19.9 Å². The van der Waals surface area contributed by atoms with Crippen molar-refractivity contribution in [2.75, 3.05) is 18.6 Å². The first-order valence-electron chi connectivity index (χ1n) is 9.18. The molecule has 2 N–H and O–H groups in total. The van der Waals surface area contributed by atoms with E-state index in [1.165, 1.54) is 12.1 Å². The zero-order valence-electron chi connectivity index (χ0n) is 16.6. The van der Waals surface area contributed by atoms with E-state index in [1.807, 2.05) is 0 Å². The van der Waals surface area contributed by atoms with Gasteiger partial charge in [0.05, 0.1) is 0 Å². The second-order valence-corrected chi connectivity index (χ2v) is 6.54. The molecule has 32 heavy (non-hydrogen) atoms. The number of nitrogens with zero attached hydrogens (tertiary/aromatic N) is 2. The number of aromatic nitrogens is 2. The third-order valence-electron chi connectivity index (χ3n) is 4.09. The van der Waals surface area contributed by atoms with Crippen LogP contribution < -0.4 is 14.8 Å². The van der Waals surface area contributed by atoms with Crippen molar-refractivity contribution in [3.05, 3.63) is 59.9 Å². The molecule has 0 bridgehead atoms. The molecule has 0 unspecified atom stereocenters. The monoisotopic (exact) mass is 451 g/mol. The normalized spacial score (nSPS) is 11.2. The van der Waals surface area contributed by atoms with Crippen molar-refractivity contribution in [1.29, 1.82) is 0 Å². The maximum Gasteiger partial charge on any atom is 0.511 e. The second-order valence-electron chi connectivity index (χ2n) is 6.54. The van der Waals surface area contributed by atoms with Crippen molar-refractivity contribution < 1.29 is 36.9 Å². The van der Waals surface area contributed by atoms with Gasteiger partial charge in [0.2, 0.25) is 5.95 Å². The van der Waals surface area contributed by atoms with E-state index in [0.29, 0.717) is 16.8 Å². The van der Waals surface area contributed by atoms with E-state index in [-0.39, 0.29) is 24.1 Å². The molecule has 0 saturated heterocycles. The number of hydrogen-bond acceptors (Lipinski definition) is 6. The summed E-state index contributed by atoms with van der Waals surface area (Å²) in [5, 5.41) is 11.7. The Hall–Kier alpha value is -3.89. The van der Waals surface area contributed by atoms with Crippen LogP contribution in [0.15, 0.2) is 48.7 Å². The number of carbonyl (C=O) groups is 1. The van der Waals surface area contributed by atoms with Gasteiger partial charge in [-0.1, -0.05) is 12.1 Å². The fourth-order valence-electron chi connectivity index (χ4n) is 2.86. The summed E-state index contributed by atoms with van der Waals surface area (Å²) >= 11 is 0. The molecule has 0 aliphatic rings. The number of rotatable bonds is 7. The Kier molecular flexibility index (Phi) is 6.76. The van der Waals surface area contributed by atoms with Crippen molar-refractivity contribution in [3.8, 4) is 22.6 Å². The molecule has 0 radical (unpaired) electrons. The summed E-state index contributed by atoms with van der Waals surface area (Å²) in [4.78, 5) is 18.3. The van der Waals surface area contributed by atoms with Gasteiger partial charge in [-0.05, 0) is 53.9 Å². The maximum absolute atomic E-state index is 12.9. The molecule has 1 aromatic heterocycles. The molecule has 3 aromatic rings. The molecular formula is C21H17F4N3O4. The molecule has 0 saturated carbocycles. The van der Waals surface area contributed by atoms with Crippen molar-refractivity contribution in [2.45, 2.75) is 13.1 Å². The lowest BCUT2D eigenvalue weighted by molar-refractivity contribution is -0.141. The number of anilines is 2. The molecule has 1 heterocycles. The van der Waals surface area contributed by atoms with E-state index in [9.17, 15) is 22.4 Å². The lowest BCUT2D eigenvalue weighted by Crippen LogP contribution is -2.10. The predicted octanol–water partition coefficient (Wildman–Crippen LogP) is 5.62. The Morgan fingerprint density at radius 1 is 1.09 bits per heavy atom. The van der Waals surface area contributed by atoms with E-state index >= 15 is 0 Å². The smallest absolute Gasteiger partial charge is 0.487 e. The fourth-order valence-corrected chi connectivity index (χ4v) is 2.86. The number of hydrogen-bond donors (Lipinski definition) is 2. The van der Waals surface area contributed by atoms with E-state index in [4.69, 9.17) is 14.6 Å². The minimum atomic E-state index is -4.61. The van der Waals surface area contributed by atoms with Gasteiger partial charge in [-0.25, -0.2) is 19.2 Å². The number of nitrogens with one attached hydrogen (secondary N) is 1. The van der Waals surface area contributed by atoms with Crippen LogP contribution in [-0.2, 0) is 6.18 Å². The lowest BCUT2D eigenvalue weighted by Gasteiger charge is -2.13. The Bertz CT molecular complexity index is 1120. The quantitative estimate of drug-likeness (QED) is 0.274. The largest absolute Gasteiger partial charge is 0.511 e. The van der Waals surface area contributed by atoms with Gasteiger partial charge in [0.15, 0.2) is 11.5 Å². The average molecular weight is 451 g/mol. The van der Waals surface area contributed by atoms with Crippen molar-refractivity contribution in [1.82, 2.24) is 9.97 Å². The highest BCUT2D eigenvalue weighted by molar-refractivity contribution is 5.74. The first-order chi connectivity index (χ1) is 15.2. The SMILES string of the molecule is Cc1cc(Nc2nccc(C(F)(F)F)n2)cc(-c2ccc(OCCF)c(OC(=O)O)c2)c1. The predicted molar refractivity (Wildman–Crippen MR) is 107 cm³/mol. The van der Waals surface area contributed by atoms with Gasteiger partial charge in [-0.15, -0.1) is 0 Å². The highest BCUT2D eigenvalue weighted by Gasteiger charge is 2.32. The third-order valence-corrected chi connectivity index (χ3v) is 4.09. The molecule has 0 aliphatic carbocycles. The molecule has 0 aliphatic heterocycles. The van der Waals surface area contributed by atoms with Gasteiger partial charge in [-0.3, -0.25) is 0 Å². The number of carboxylic acid groups (broad SMARTS) is 1. The van der Waals surface area contributed by atoms with Gasteiger partial charge in [0.25, 0.3) is 0 Å². The van der Waals surface area contributed by atoms with Gasteiger partial charge in [-0.2, -0.15) is 13.2 Å². The number of halogens is 4. The summed E-state index contributed by atoms with van der Waals surface area (Å²) in [6.45, 7) is 0.735. The van der Waals surface area contributed by atoms with Crippen LogP contribution in [0, 0.1) is 6.92 Å². The van der Waals surface area contributed by atoms with E-state index in [0.717, 1.165) is 17.8 Å².